The number of hydrogen-bond donors (Lipinski definition) is 1. The quantitative estimate of drug-likeness (QED) is 0.493. The number of aromatic amines is 1. The Balaban J connectivity index is 1.68. The molecule has 0 radical (unpaired) electrons. The molecule has 0 aliphatic carbocycles. The number of benzene rings is 1. The van der Waals surface area contributed by atoms with Gasteiger partial charge in [0, 0.05) is 37.4 Å². The van der Waals surface area contributed by atoms with Crippen molar-refractivity contribution in [1.82, 2.24) is 14.2 Å². The van der Waals surface area contributed by atoms with Crippen LogP contribution < -0.4 is 0 Å². The van der Waals surface area contributed by atoms with Crippen molar-refractivity contribution in [3.63, 3.8) is 0 Å². The lowest BCUT2D eigenvalue weighted by atomic mass is 10.0. The molecule has 0 bridgehead atoms. The molecule has 0 saturated carbocycles. The zero-order valence-corrected chi connectivity index (χ0v) is 18.9. The monoisotopic (exact) mass is 469 g/mol. The summed E-state index contributed by atoms with van der Waals surface area (Å²) in [4.78, 5) is 28.6. The van der Waals surface area contributed by atoms with Gasteiger partial charge in [0.1, 0.15) is 17.3 Å². The first-order valence-electron chi connectivity index (χ1n) is 10.1. The van der Waals surface area contributed by atoms with Crippen molar-refractivity contribution >= 4 is 21.8 Å². The van der Waals surface area contributed by atoms with Crippen LogP contribution in [0.5, 0.6) is 0 Å². The minimum Gasteiger partial charge on any atom is -0.461 e. The van der Waals surface area contributed by atoms with Gasteiger partial charge in [0.25, 0.3) is 0 Å². The molecule has 8 nitrogen and oxygen atoms in total. The van der Waals surface area contributed by atoms with Gasteiger partial charge in [0.15, 0.2) is 10.7 Å². The van der Waals surface area contributed by atoms with Gasteiger partial charge in [-0.05, 0) is 38.5 Å². The van der Waals surface area contributed by atoms with Gasteiger partial charge in [-0.15, -0.1) is 0 Å². The number of halogens is 2. The van der Waals surface area contributed by atoms with E-state index in [0.29, 0.717) is 16.8 Å². The summed E-state index contributed by atoms with van der Waals surface area (Å²) in [5.74, 6) is -3.04. The number of nitrogens with one attached hydrogen (secondary N) is 1. The molecule has 1 aliphatic heterocycles. The van der Waals surface area contributed by atoms with Crippen LogP contribution >= 0.6 is 0 Å². The van der Waals surface area contributed by atoms with Crippen LogP contribution in [0, 0.1) is 25.5 Å². The molecule has 1 saturated heterocycles. The highest BCUT2D eigenvalue weighted by atomic mass is 32.2. The van der Waals surface area contributed by atoms with Crippen LogP contribution in [0.25, 0.3) is 0 Å². The molecule has 174 valence electrons. The fraction of sp³-hybridized carbons (Fsp3) is 0.429. The van der Waals surface area contributed by atoms with E-state index in [1.807, 2.05) is 0 Å². The van der Waals surface area contributed by atoms with Crippen LogP contribution in [0.3, 0.4) is 0 Å². The Kier molecular flexibility index (Phi) is 7.11. The van der Waals surface area contributed by atoms with E-state index in [-0.39, 0.29) is 50.8 Å². The number of hydrogen-bond acceptors (Lipinski definition) is 6. The summed E-state index contributed by atoms with van der Waals surface area (Å²) in [5, 5.41) is 0. The number of ether oxygens (including phenoxy) is 1. The first-order valence-corrected chi connectivity index (χ1v) is 11.6. The first kappa shape index (κ1) is 24.0. The molecule has 0 atom stereocenters. The third kappa shape index (κ3) is 4.59. The zero-order valence-electron chi connectivity index (χ0n) is 18.1. The minimum absolute atomic E-state index is 0.0113. The molecule has 2 aromatic rings. The summed E-state index contributed by atoms with van der Waals surface area (Å²) < 4.78 is 59.4. The van der Waals surface area contributed by atoms with E-state index in [2.05, 4.69) is 4.98 Å². The van der Waals surface area contributed by atoms with Crippen LogP contribution in [0.4, 0.5) is 8.78 Å². The highest BCUT2D eigenvalue weighted by Gasteiger charge is 2.34. The maximum Gasteiger partial charge on any atom is 0.355 e. The van der Waals surface area contributed by atoms with Gasteiger partial charge in [-0.25, -0.2) is 22.0 Å². The number of piperazine rings is 1. The standard InChI is InChI=1S/C21H25F2N3O5S/c1-4-31-21(28)19-13(2)18(14(3)24-19)17(27)12-25-8-10-26(11-9-25)32(29,30)20-15(22)6-5-7-16(20)23/h5-7,24H,4,8-12H2,1-3H3. The number of carbonyl (C=O) groups excluding carboxylic acids is 2. The van der Waals surface area contributed by atoms with E-state index in [0.717, 1.165) is 22.5 Å². The average Bonchev–Trinajstić information content (AvgIpc) is 3.02. The summed E-state index contributed by atoms with van der Waals surface area (Å²) in [6.07, 6.45) is 0. The molecule has 1 fully saturated rings. The summed E-state index contributed by atoms with van der Waals surface area (Å²) in [6, 6.07) is 2.90. The predicted molar refractivity (Wildman–Crippen MR) is 112 cm³/mol. The number of H-pyrrole nitrogens is 1. The Morgan fingerprint density at radius 1 is 1.09 bits per heavy atom. The Bertz CT molecular complexity index is 1120. The van der Waals surface area contributed by atoms with Crippen molar-refractivity contribution < 1.29 is 31.5 Å². The third-order valence-electron chi connectivity index (χ3n) is 5.41. The molecule has 1 N–H and O–H groups in total. The fourth-order valence-electron chi connectivity index (χ4n) is 3.84. The van der Waals surface area contributed by atoms with Gasteiger partial charge in [0.2, 0.25) is 10.0 Å². The highest BCUT2D eigenvalue weighted by molar-refractivity contribution is 7.89. The Morgan fingerprint density at radius 3 is 2.25 bits per heavy atom. The number of sulfonamides is 1. The van der Waals surface area contributed by atoms with Crippen molar-refractivity contribution in [3.8, 4) is 0 Å². The molecule has 1 aromatic carbocycles. The van der Waals surface area contributed by atoms with E-state index in [9.17, 15) is 26.8 Å². The maximum absolute atomic E-state index is 14.0. The Labute approximate surface area is 185 Å². The van der Waals surface area contributed by atoms with Crippen molar-refractivity contribution in [1.29, 1.82) is 0 Å². The van der Waals surface area contributed by atoms with Crippen molar-refractivity contribution in [3.05, 3.63) is 52.3 Å². The second-order valence-electron chi connectivity index (χ2n) is 7.50. The van der Waals surface area contributed by atoms with Crippen LogP contribution in [0.15, 0.2) is 23.1 Å². The smallest absolute Gasteiger partial charge is 0.355 e. The molecule has 0 spiro atoms. The maximum atomic E-state index is 14.0. The van der Waals surface area contributed by atoms with E-state index in [1.165, 1.54) is 0 Å². The van der Waals surface area contributed by atoms with Gasteiger partial charge in [-0.1, -0.05) is 6.07 Å². The molecule has 1 aromatic heterocycles. The fourth-order valence-corrected chi connectivity index (χ4v) is 5.37. The molecular weight excluding hydrogens is 444 g/mol. The topological polar surface area (TPSA) is 99.8 Å². The van der Waals surface area contributed by atoms with Crippen LogP contribution in [-0.2, 0) is 14.8 Å². The number of rotatable bonds is 7. The molecule has 0 unspecified atom stereocenters. The number of Topliss-reactive ketones (excluding diaryl/α,β-unsaturated/α-hetero) is 1. The number of nitrogens with zero attached hydrogens (tertiary/aromatic N) is 2. The van der Waals surface area contributed by atoms with Crippen molar-refractivity contribution in [2.24, 2.45) is 0 Å². The highest BCUT2D eigenvalue weighted by Crippen LogP contribution is 2.24. The molecule has 0 amide bonds. The zero-order chi connectivity index (χ0) is 23.6. The lowest BCUT2D eigenvalue weighted by molar-refractivity contribution is 0.0519. The van der Waals surface area contributed by atoms with Crippen LogP contribution in [0.1, 0.15) is 39.0 Å². The first-order chi connectivity index (χ1) is 15.1. The largest absolute Gasteiger partial charge is 0.461 e. The van der Waals surface area contributed by atoms with E-state index in [1.54, 1.807) is 25.7 Å². The molecule has 1 aliphatic rings. The number of aromatic nitrogens is 1. The van der Waals surface area contributed by atoms with Crippen molar-refractivity contribution in [2.45, 2.75) is 25.7 Å². The summed E-state index contributed by atoms with van der Waals surface area (Å²) in [5.41, 5.74) is 1.68. The normalized spacial score (nSPS) is 15.7. The summed E-state index contributed by atoms with van der Waals surface area (Å²) in [6.45, 7) is 5.68. The summed E-state index contributed by atoms with van der Waals surface area (Å²) >= 11 is 0. The number of ketones is 1. The third-order valence-corrected chi connectivity index (χ3v) is 7.36. The summed E-state index contributed by atoms with van der Waals surface area (Å²) in [7, 11) is -4.34. The Morgan fingerprint density at radius 2 is 1.69 bits per heavy atom. The van der Waals surface area contributed by atoms with Gasteiger partial charge >= 0.3 is 5.97 Å². The Hall–Kier alpha value is -2.63. The van der Waals surface area contributed by atoms with Crippen LogP contribution in [0.2, 0.25) is 0 Å². The second kappa shape index (κ2) is 9.47. The minimum atomic E-state index is -4.34. The lowest BCUT2D eigenvalue weighted by Crippen LogP contribution is -2.50. The average molecular weight is 470 g/mol. The van der Waals surface area contributed by atoms with Gasteiger partial charge in [-0.2, -0.15) is 4.31 Å². The van der Waals surface area contributed by atoms with E-state index < -0.39 is 32.5 Å². The van der Waals surface area contributed by atoms with E-state index >= 15 is 0 Å². The number of esters is 1. The van der Waals surface area contributed by atoms with Gasteiger partial charge in [-0.3, -0.25) is 9.69 Å². The lowest BCUT2D eigenvalue weighted by Gasteiger charge is -2.33. The molecule has 11 heteroatoms. The number of carbonyl (C=O) groups is 2. The SMILES string of the molecule is CCOC(=O)c1[nH]c(C)c(C(=O)CN2CCN(S(=O)(=O)c3c(F)cccc3F)CC2)c1C. The molecule has 2 heterocycles. The predicted octanol–water partition coefficient (Wildman–Crippen LogP) is 2.28. The number of aryl methyl sites for hydroxylation is 1. The second-order valence-corrected chi connectivity index (χ2v) is 9.37. The van der Waals surface area contributed by atoms with Crippen LogP contribution in [-0.4, -0.2) is 73.7 Å². The van der Waals surface area contributed by atoms with E-state index in [4.69, 9.17) is 4.74 Å². The molecular formula is C21H25F2N3O5S. The molecule has 3 rings (SSSR count). The van der Waals surface area contributed by atoms with Gasteiger partial charge in [0.05, 0.1) is 13.2 Å². The molecule has 32 heavy (non-hydrogen) atoms. The van der Waals surface area contributed by atoms with Gasteiger partial charge < -0.3 is 9.72 Å². The van der Waals surface area contributed by atoms with Crippen molar-refractivity contribution in [2.75, 3.05) is 39.3 Å².